The molecule has 0 saturated heterocycles. The third kappa shape index (κ3) is 3.38. The molecule has 0 unspecified atom stereocenters. The zero-order chi connectivity index (χ0) is 14.7. The van der Waals surface area contributed by atoms with Crippen LogP contribution in [-0.2, 0) is 6.54 Å². The molecule has 0 aliphatic heterocycles. The molecule has 0 fully saturated rings. The van der Waals surface area contributed by atoms with E-state index in [1.165, 1.54) is 0 Å². The van der Waals surface area contributed by atoms with E-state index in [4.69, 9.17) is 23.2 Å². The molecule has 0 radical (unpaired) electrons. The van der Waals surface area contributed by atoms with Crippen molar-refractivity contribution in [2.75, 3.05) is 5.32 Å². The Balaban J connectivity index is 1.66. The summed E-state index contributed by atoms with van der Waals surface area (Å²) in [5, 5.41) is 8.69. The number of hydrogen-bond donors (Lipinski definition) is 1. The van der Waals surface area contributed by atoms with E-state index < -0.39 is 0 Å². The van der Waals surface area contributed by atoms with Crippen molar-refractivity contribution in [1.29, 1.82) is 0 Å². The molecule has 0 saturated carbocycles. The standard InChI is InChI=1S/C16H13Cl2N3/c17-15-7-2-12(10-16(15)18)11-19-13-3-5-14(6-4-13)21-9-1-8-20-21/h1-10,19H,11H2. The van der Waals surface area contributed by atoms with Gasteiger partial charge in [-0.15, -0.1) is 0 Å². The number of nitrogens with zero attached hydrogens (tertiary/aromatic N) is 2. The van der Waals surface area contributed by atoms with E-state index in [0.29, 0.717) is 16.6 Å². The highest BCUT2D eigenvalue weighted by molar-refractivity contribution is 6.42. The molecule has 1 aromatic heterocycles. The summed E-state index contributed by atoms with van der Waals surface area (Å²) in [5.74, 6) is 0. The monoisotopic (exact) mass is 317 g/mol. The van der Waals surface area contributed by atoms with E-state index in [2.05, 4.69) is 10.4 Å². The van der Waals surface area contributed by atoms with Crippen LogP contribution in [0.25, 0.3) is 5.69 Å². The minimum Gasteiger partial charge on any atom is -0.381 e. The van der Waals surface area contributed by atoms with Gasteiger partial charge in [-0.1, -0.05) is 29.3 Å². The van der Waals surface area contributed by atoms with Gasteiger partial charge in [-0.3, -0.25) is 0 Å². The zero-order valence-electron chi connectivity index (χ0n) is 11.1. The van der Waals surface area contributed by atoms with E-state index >= 15 is 0 Å². The Morgan fingerprint density at radius 1 is 1.00 bits per heavy atom. The Hall–Kier alpha value is -1.97. The van der Waals surface area contributed by atoms with Gasteiger partial charge in [0.2, 0.25) is 0 Å². The van der Waals surface area contributed by atoms with E-state index in [1.807, 2.05) is 59.4 Å². The van der Waals surface area contributed by atoms with E-state index in [1.54, 1.807) is 6.20 Å². The summed E-state index contributed by atoms with van der Waals surface area (Å²) in [6.45, 7) is 0.692. The SMILES string of the molecule is Clc1ccc(CNc2ccc(-n3cccn3)cc2)cc1Cl. The summed E-state index contributed by atoms with van der Waals surface area (Å²) < 4.78 is 1.82. The highest BCUT2D eigenvalue weighted by Crippen LogP contribution is 2.23. The molecular formula is C16H13Cl2N3. The first-order valence-corrected chi connectivity index (χ1v) is 7.26. The minimum absolute atomic E-state index is 0.573. The van der Waals surface area contributed by atoms with Gasteiger partial charge in [-0.2, -0.15) is 5.10 Å². The molecule has 21 heavy (non-hydrogen) atoms. The van der Waals surface area contributed by atoms with Crippen molar-refractivity contribution < 1.29 is 0 Å². The maximum absolute atomic E-state index is 6.00. The Morgan fingerprint density at radius 2 is 1.81 bits per heavy atom. The Kier molecular flexibility index (Phi) is 4.13. The van der Waals surface area contributed by atoms with Crippen molar-refractivity contribution in [2.24, 2.45) is 0 Å². The number of benzene rings is 2. The van der Waals surface area contributed by atoms with Gasteiger partial charge in [-0.05, 0) is 48.0 Å². The second-order valence-electron chi connectivity index (χ2n) is 4.60. The molecule has 3 rings (SSSR count). The summed E-state index contributed by atoms with van der Waals surface area (Å²) in [5.41, 5.74) is 3.15. The Morgan fingerprint density at radius 3 is 2.48 bits per heavy atom. The van der Waals surface area contributed by atoms with Crippen LogP contribution in [0.2, 0.25) is 10.0 Å². The van der Waals surface area contributed by atoms with Crippen molar-refractivity contribution in [3.05, 3.63) is 76.5 Å². The molecule has 106 valence electrons. The van der Waals surface area contributed by atoms with Gasteiger partial charge < -0.3 is 5.32 Å². The number of anilines is 1. The third-order valence-corrected chi connectivity index (χ3v) is 3.86. The Bertz CT molecular complexity index is 722. The lowest BCUT2D eigenvalue weighted by molar-refractivity contribution is 0.880. The van der Waals surface area contributed by atoms with Gasteiger partial charge in [0.05, 0.1) is 15.7 Å². The largest absolute Gasteiger partial charge is 0.381 e. The van der Waals surface area contributed by atoms with Crippen LogP contribution in [0.3, 0.4) is 0 Å². The fourth-order valence-electron chi connectivity index (χ4n) is 2.01. The maximum Gasteiger partial charge on any atom is 0.0647 e. The molecule has 1 N–H and O–H groups in total. The normalized spacial score (nSPS) is 10.6. The topological polar surface area (TPSA) is 29.9 Å². The predicted molar refractivity (Wildman–Crippen MR) is 87.4 cm³/mol. The average molecular weight is 318 g/mol. The van der Waals surface area contributed by atoms with Gasteiger partial charge in [0.1, 0.15) is 0 Å². The first-order valence-electron chi connectivity index (χ1n) is 6.50. The van der Waals surface area contributed by atoms with Crippen LogP contribution in [0.5, 0.6) is 0 Å². The fourth-order valence-corrected chi connectivity index (χ4v) is 2.33. The predicted octanol–water partition coefficient (Wildman–Crippen LogP) is 4.79. The van der Waals surface area contributed by atoms with Crippen LogP contribution in [0.4, 0.5) is 5.69 Å². The summed E-state index contributed by atoms with van der Waals surface area (Å²) in [6.07, 6.45) is 3.68. The van der Waals surface area contributed by atoms with Crippen LogP contribution in [-0.4, -0.2) is 9.78 Å². The lowest BCUT2D eigenvalue weighted by Crippen LogP contribution is -2.00. The van der Waals surface area contributed by atoms with E-state index in [9.17, 15) is 0 Å². The van der Waals surface area contributed by atoms with Gasteiger partial charge in [0.25, 0.3) is 0 Å². The lowest BCUT2D eigenvalue weighted by atomic mass is 10.2. The van der Waals surface area contributed by atoms with Crippen molar-refractivity contribution in [1.82, 2.24) is 9.78 Å². The number of rotatable bonds is 4. The second-order valence-corrected chi connectivity index (χ2v) is 5.41. The van der Waals surface area contributed by atoms with Crippen LogP contribution < -0.4 is 5.32 Å². The third-order valence-electron chi connectivity index (χ3n) is 3.12. The van der Waals surface area contributed by atoms with Crippen LogP contribution in [0.15, 0.2) is 60.9 Å². The lowest BCUT2D eigenvalue weighted by Gasteiger charge is -2.08. The molecule has 3 nitrogen and oxygen atoms in total. The van der Waals surface area contributed by atoms with Crippen LogP contribution >= 0.6 is 23.2 Å². The van der Waals surface area contributed by atoms with Crippen molar-refractivity contribution in [2.45, 2.75) is 6.54 Å². The summed E-state index contributed by atoms with van der Waals surface area (Å²) >= 11 is 11.9. The zero-order valence-corrected chi connectivity index (χ0v) is 12.6. The molecule has 1 heterocycles. The maximum atomic E-state index is 6.00. The molecule has 0 aliphatic carbocycles. The molecule has 0 aliphatic rings. The smallest absolute Gasteiger partial charge is 0.0647 e. The summed E-state index contributed by atoms with van der Waals surface area (Å²) in [6, 6.07) is 15.6. The van der Waals surface area contributed by atoms with Crippen molar-refractivity contribution >= 4 is 28.9 Å². The molecular weight excluding hydrogens is 305 g/mol. The molecule has 0 atom stereocenters. The van der Waals surface area contributed by atoms with Crippen molar-refractivity contribution in [3.8, 4) is 5.69 Å². The quantitative estimate of drug-likeness (QED) is 0.749. The first kappa shape index (κ1) is 14.0. The molecule has 0 spiro atoms. The van der Waals surface area contributed by atoms with Gasteiger partial charge in [-0.25, -0.2) is 4.68 Å². The molecule has 3 aromatic rings. The number of aromatic nitrogens is 2. The van der Waals surface area contributed by atoms with Crippen LogP contribution in [0.1, 0.15) is 5.56 Å². The minimum atomic E-state index is 0.573. The number of nitrogens with one attached hydrogen (secondary N) is 1. The molecule has 5 heteroatoms. The first-order chi connectivity index (χ1) is 10.2. The second kappa shape index (κ2) is 6.20. The number of halogens is 2. The molecule has 2 aromatic carbocycles. The van der Waals surface area contributed by atoms with Crippen molar-refractivity contribution in [3.63, 3.8) is 0 Å². The highest BCUT2D eigenvalue weighted by Gasteiger charge is 2.00. The van der Waals surface area contributed by atoms with Gasteiger partial charge in [0, 0.05) is 24.6 Å². The summed E-state index contributed by atoms with van der Waals surface area (Å²) in [4.78, 5) is 0. The highest BCUT2D eigenvalue weighted by atomic mass is 35.5. The average Bonchev–Trinajstić information content (AvgIpc) is 3.03. The Labute approximate surface area is 133 Å². The molecule has 0 bridgehead atoms. The van der Waals surface area contributed by atoms with Gasteiger partial charge in [0.15, 0.2) is 0 Å². The van der Waals surface area contributed by atoms with Crippen LogP contribution in [0, 0.1) is 0 Å². The van der Waals surface area contributed by atoms with E-state index in [0.717, 1.165) is 16.9 Å². The fraction of sp³-hybridized carbons (Fsp3) is 0.0625. The van der Waals surface area contributed by atoms with Gasteiger partial charge >= 0.3 is 0 Å². The number of hydrogen-bond acceptors (Lipinski definition) is 2. The molecule has 0 amide bonds. The summed E-state index contributed by atoms with van der Waals surface area (Å²) in [7, 11) is 0. The van der Waals surface area contributed by atoms with E-state index in [-0.39, 0.29) is 0 Å².